The van der Waals surface area contributed by atoms with E-state index in [0.29, 0.717) is 19.4 Å². The third-order valence-corrected chi connectivity index (χ3v) is 4.84. The van der Waals surface area contributed by atoms with Crippen LogP contribution in [0.5, 0.6) is 0 Å². The Morgan fingerprint density at radius 2 is 1.90 bits per heavy atom. The van der Waals surface area contributed by atoms with Gasteiger partial charge in [-0.15, -0.1) is 0 Å². The number of hydrogen-bond donors (Lipinski definition) is 1. The van der Waals surface area contributed by atoms with Crippen LogP contribution in [0.1, 0.15) is 33.6 Å². The minimum absolute atomic E-state index is 0.129. The van der Waals surface area contributed by atoms with E-state index in [1.54, 1.807) is 20.8 Å². The van der Waals surface area contributed by atoms with E-state index in [4.69, 9.17) is 5.11 Å². The van der Waals surface area contributed by atoms with Gasteiger partial charge in [-0.2, -0.15) is 0 Å². The zero-order chi connectivity index (χ0) is 16.4. The third kappa shape index (κ3) is 4.96. The predicted octanol–water partition coefficient (Wildman–Crippen LogP) is 0.370. The number of sulfonamides is 1. The van der Waals surface area contributed by atoms with Gasteiger partial charge in [-0.1, -0.05) is 0 Å². The van der Waals surface area contributed by atoms with E-state index in [2.05, 4.69) is 0 Å². The Labute approximate surface area is 126 Å². The molecule has 1 fully saturated rings. The molecule has 1 aliphatic rings. The van der Waals surface area contributed by atoms with E-state index in [0.717, 1.165) is 6.26 Å². The van der Waals surface area contributed by atoms with Gasteiger partial charge in [-0.3, -0.25) is 9.59 Å². The molecule has 1 unspecified atom stereocenters. The normalized spacial score (nSPS) is 21.0. The molecule has 0 radical (unpaired) electrons. The molecule has 1 saturated heterocycles. The number of carboxylic acids is 1. The lowest BCUT2D eigenvalue weighted by atomic mass is 9.95. The summed E-state index contributed by atoms with van der Waals surface area (Å²) in [6, 6.07) is 0. The van der Waals surface area contributed by atoms with Crippen LogP contribution in [0.4, 0.5) is 0 Å². The summed E-state index contributed by atoms with van der Waals surface area (Å²) in [6.45, 7) is 5.47. The highest BCUT2D eigenvalue weighted by Crippen LogP contribution is 2.24. The van der Waals surface area contributed by atoms with Crippen LogP contribution >= 0.6 is 0 Å². The fraction of sp³-hybridized carbons (Fsp3) is 0.846. The lowest BCUT2D eigenvalue weighted by Crippen LogP contribution is -2.53. The van der Waals surface area contributed by atoms with Crippen LogP contribution in [-0.4, -0.2) is 66.0 Å². The second-order valence-electron chi connectivity index (χ2n) is 6.45. The van der Waals surface area contributed by atoms with Crippen molar-refractivity contribution in [3.63, 3.8) is 0 Å². The Morgan fingerprint density at radius 1 is 1.33 bits per heavy atom. The van der Waals surface area contributed by atoms with Gasteiger partial charge in [0.25, 0.3) is 0 Å². The highest BCUT2D eigenvalue weighted by Gasteiger charge is 2.36. The molecule has 0 bridgehead atoms. The monoisotopic (exact) mass is 320 g/mol. The summed E-state index contributed by atoms with van der Waals surface area (Å²) in [7, 11) is -3.33. The Hall–Kier alpha value is -1.15. The smallest absolute Gasteiger partial charge is 0.323 e. The Balaban J connectivity index is 2.91. The lowest BCUT2D eigenvalue weighted by molar-refractivity contribution is -0.151. The molecule has 8 heteroatoms. The summed E-state index contributed by atoms with van der Waals surface area (Å²) in [6.07, 6.45) is 2.31. The van der Waals surface area contributed by atoms with Crippen molar-refractivity contribution in [1.29, 1.82) is 0 Å². The van der Waals surface area contributed by atoms with E-state index in [1.165, 1.54) is 9.21 Å². The summed E-state index contributed by atoms with van der Waals surface area (Å²) in [5, 5.41) is 8.98. The summed E-state index contributed by atoms with van der Waals surface area (Å²) in [5.74, 6) is -1.85. The number of aliphatic carboxylic acids is 1. The Kier molecular flexibility index (Phi) is 5.38. The predicted molar refractivity (Wildman–Crippen MR) is 78.2 cm³/mol. The molecule has 0 saturated carbocycles. The summed E-state index contributed by atoms with van der Waals surface area (Å²) in [4.78, 5) is 24.9. The average Bonchev–Trinajstić information content (AvgIpc) is 2.33. The number of rotatable bonds is 4. The molecule has 1 amide bonds. The van der Waals surface area contributed by atoms with Gasteiger partial charge in [-0.25, -0.2) is 12.7 Å². The number of hydrogen-bond acceptors (Lipinski definition) is 4. The SMILES string of the molecule is CC(C)(C)N(CC(=O)O)C(=O)C1CCCN(S(C)(=O)=O)C1. The van der Waals surface area contributed by atoms with Crippen LogP contribution in [0.3, 0.4) is 0 Å². The van der Waals surface area contributed by atoms with Crippen molar-refractivity contribution in [2.45, 2.75) is 39.2 Å². The Bertz CT molecular complexity index is 509. The molecule has 1 heterocycles. The largest absolute Gasteiger partial charge is 0.480 e. The molecule has 122 valence electrons. The summed E-state index contributed by atoms with van der Waals surface area (Å²) in [5.41, 5.74) is -0.622. The third-order valence-electron chi connectivity index (χ3n) is 3.57. The topological polar surface area (TPSA) is 95.0 Å². The van der Waals surface area contributed by atoms with Crippen LogP contribution in [0.15, 0.2) is 0 Å². The van der Waals surface area contributed by atoms with Gasteiger partial charge >= 0.3 is 5.97 Å². The van der Waals surface area contributed by atoms with Gasteiger partial charge in [0.2, 0.25) is 15.9 Å². The number of carbonyl (C=O) groups excluding carboxylic acids is 1. The molecule has 0 spiro atoms. The number of carbonyl (C=O) groups is 2. The van der Waals surface area contributed by atoms with E-state index in [1.807, 2.05) is 0 Å². The quantitative estimate of drug-likeness (QED) is 0.807. The van der Waals surface area contributed by atoms with Gasteiger partial charge in [0.15, 0.2) is 0 Å². The van der Waals surface area contributed by atoms with Crippen LogP contribution in [0.25, 0.3) is 0 Å². The van der Waals surface area contributed by atoms with Gasteiger partial charge < -0.3 is 10.0 Å². The van der Waals surface area contributed by atoms with Crippen molar-refractivity contribution in [1.82, 2.24) is 9.21 Å². The highest BCUT2D eigenvalue weighted by molar-refractivity contribution is 7.88. The van der Waals surface area contributed by atoms with Crippen molar-refractivity contribution in [3.8, 4) is 0 Å². The zero-order valence-electron chi connectivity index (χ0n) is 13.0. The van der Waals surface area contributed by atoms with Crippen molar-refractivity contribution >= 4 is 21.9 Å². The molecule has 1 atom stereocenters. The second-order valence-corrected chi connectivity index (χ2v) is 8.43. The van der Waals surface area contributed by atoms with Gasteiger partial charge in [-0.05, 0) is 33.6 Å². The maximum Gasteiger partial charge on any atom is 0.323 e. The van der Waals surface area contributed by atoms with Crippen LogP contribution in [-0.2, 0) is 19.6 Å². The van der Waals surface area contributed by atoms with E-state index >= 15 is 0 Å². The standard InChI is InChI=1S/C13H24N2O5S/c1-13(2,3)15(9-11(16)17)12(18)10-6-5-7-14(8-10)21(4,19)20/h10H,5-9H2,1-4H3,(H,16,17). The Morgan fingerprint density at radius 3 is 2.33 bits per heavy atom. The first-order chi connectivity index (χ1) is 9.43. The molecule has 1 rings (SSSR count). The van der Waals surface area contributed by atoms with Crippen molar-refractivity contribution in [2.24, 2.45) is 5.92 Å². The molecule has 1 aliphatic heterocycles. The van der Waals surface area contributed by atoms with Gasteiger partial charge in [0.1, 0.15) is 6.54 Å². The minimum atomic E-state index is -3.33. The molecule has 0 aromatic carbocycles. The maximum absolute atomic E-state index is 12.6. The molecule has 1 N–H and O–H groups in total. The fourth-order valence-electron chi connectivity index (χ4n) is 2.45. The fourth-order valence-corrected chi connectivity index (χ4v) is 3.36. The first-order valence-corrected chi connectivity index (χ1v) is 8.76. The van der Waals surface area contributed by atoms with Crippen molar-refractivity contribution in [2.75, 3.05) is 25.9 Å². The first kappa shape index (κ1) is 17.9. The van der Waals surface area contributed by atoms with Crippen LogP contribution in [0.2, 0.25) is 0 Å². The van der Waals surface area contributed by atoms with E-state index in [9.17, 15) is 18.0 Å². The van der Waals surface area contributed by atoms with Crippen molar-refractivity contribution in [3.05, 3.63) is 0 Å². The van der Waals surface area contributed by atoms with Crippen LogP contribution < -0.4 is 0 Å². The highest BCUT2D eigenvalue weighted by atomic mass is 32.2. The molecule has 0 aromatic heterocycles. The molecular weight excluding hydrogens is 296 g/mol. The molecule has 0 aromatic rings. The minimum Gasteiger partial charge on any atom is -0.480 e. The number of piperidine rings is 1. The molecule has 7 nitrogen and oxygen atoms in total. The van der Waals surface area contributed by atoms with Gasteiger partial charge in [0.05, 0.1) is 12.2 Å². The second kappa shape index (κ2) is 6.31. The zero-order valence-corrected chi connectivity index (χ0v) is 13.8. The number of carboxylic acid groups (broad SMARTS) is 1. The van der Waals surface area contributed by atoms with E-state index in [-0.39, 0.29) is 19.0 Å². The number of amides is 1. The van der Waals surface area contributed by atoms with E-state index < -0.39 is 27.4 Å². The molecular formula is C13H24N2O5S. The first-order valence-electron chi connectivity index (χ1n) is 6.91. The molecule has 21 heavy (non-hydrogen) atoms. The van der Waals surface area contributed by atoms with Crippen molar-refractivity contribution < 1.29 is 23.1 Å². The maximum atomic E-state index is 12.6. The molecule has 0 aliphatic carbocycles. The number of nitrogens with zero attached hydrogens (tertiary/aromatic N) is 2. The summed E-state index contributed by atoms with van der Waals surface area (Å²) >= 11 is 0. The average molecular weight is 320 g/mol. The lowest BCUT2D eigenvalue weighted by Gasteiger charge is -2.39. The summed E-state index contributed by atoms with van der Waals surface area (Å²) < 4.78 is 24.5. The van der Waals surface area contributed by atoms with Gasteiger partial charge in [0, 0.05) is 18.6 Å². The van der Waals surface area contributed by atoms with Crippen LogP contribution in [0, 0.1) is 5.92 Å².